The molecule has 3 rings (SSSR count). The van der Waals surface area contributed by atoms with Crippen molar-refractivity contribution in [2.24, 2.45) is 0 Å². The van der Waals surface area contributed by atoms with Crippen molar-refractivity contribution in [3.63, 3.8) is 0 Å². The number of nitrogens with zero attached hydrogens (tertiary/aromatic N) is 2. The van der Waals surface area contributed by atoms with E-state index in [0.29, 0.717) is 0 Å². The molecule has 0 radical (unpaired) electrons. The molecule has 0 fully saturated rings. The van der Waals surface area contributed by atoms with E-state index in [9.17, 15) is 0 Å². The van der Waals surface area contributed by atoms with Crippen molar-refractivity contribution in [3.05, 3.63) is 42.0 Å². The summed E-state index contributed by atoms with van der Waals surface area (Å²) in [5.74, 6) is 1.06. The van der Waals surface area contributed by atoms with Gasteiger partial charge in [0.2, 0.25) is 0 Å². The van der Waals surface area contributed by atoms with Crippen molar-refractivity contribution < 1.29 is 0 Å². The summed E-state index contributed by atoms with van der Waals surface area (Å²) in [5.41, 5.74) is 3.74. The quantitative estimate of drug-likeness (QED) is 0.785. The molecule has 0 spiro atoms. The molecule has 0 saturated carbocycles. The van der Waals surface area contributed by atoms with Gasteiger partial charge >= 0.3 is 0 Å². The van der Waals surface area contributed by atoms with E-state index in [0.717, 1.165) is 31.0 Å². The highest BCUT2D eigenvalue weighted by Gasteiger charge is 2.13. The molecule has 3 nitrogen and oxygen atoms in total. The summed E-state index contributed by atoms with van der Waals surface area (Å²) < 4.78 is 2.15. The van der Waals surface area contributed by atoms with Gasteiger partial charge in [-0.2, -0.15) is 0 Å². The maximum absolute atomic E-state index is 4.68. The van der Waals surface area contributed by atoms with Gasteiger partial charge in [0.15, 0.2) is 0 Å². The lowest BCUT2D eigenvalue weighted by Crippen LogP contribution is -2.20. The number of fused-ring (bicyclic) bond motifs is 1. The van der Waals surface area contributed by atoms with Crippen molar-refractivity contribution in [2.45, 2.75) is 13.3 Å². The summed E-state index contributed by atoms with van der Waals surface area (Å²) in [7, 11) is 0. The van der Waals surface area contributed by atoms with Crippen molar-refractivity contribution in [1.29, 1.82) is 0 Å². The molecule has 82 valence electrons. The maximum atomic E-state index is 4.68. The SMILES string of the molecule is Cc1nc(C2=CCNCC2)c2ccccn12. The Hall–Kier alpha value is -1.61. The molecule has 1 aliphatic heterocycles. The highest BCUT2D eigenvalue weighted by Crippen LogP contribution is 2.24. The van der Waals surface area contributed by atoms with E-state index in [1.54, 1.807) is 0 Å². The van der Waals surface area contributed by atoms with Crippen molar-refractivity contribution in [2.75, 3.05) is 13.1 Å². The lowest BCUT2D eigenvalue weighted by atomic mass is 10.1. The third kappa shape index (κ3) is 1.44. The molecule has 0 amide bonds. The Bertz CT molecular complexity index is 551. The van der Waals surface area contributed by atoms with Crippen LogP contribution in [0.1, 0.15) is 17.9 Å². The predicted octanol–water partition coefficient (Wildman–Crippen LogP) is 2.02. The van der Waals surface area contributed by atoms with E-state index in [-0.39, 0.29) is 0 Å². The minimum Gasteiger partial charge on any atom is -0.313 e. The van der Waals surface area contributed by atoms with Crippen molar-refractivity contribution in [1.82, 2.24) is 14.7 Å². The molecule has 0 aliphatic carbocycles. The minimum atomic E-state index is 0.959. The first-order valence-electron chi connectivity index (χ1n) is 5.70. The Morgan fingerprint density at radius 3 is 3.12 bits per heavy atom. The molecule has 0 saturated heterocycles. The molecule has 1 N–H and O–H groups in total. The van der Waals surface area contributed by atoms with Crippen LogP contribution >= 0.6 is 0 Å². The van der Waals surface area contributed by atoms with Gasteiger partial charge in [-0.15, -0.1) is 0 Å². The lowest BCUT2D eigenvalue weighted by molar-refractivity contribution is 0.737. The summed E-state index contributed by atoms with van der Waals surface area (Å²) in [5, 5.41) is 3.33. The van der Waals surface area contributed by atoms with E-state index in [1.807, 2.05) is 6.07 Å². The second-order valence-electron chi connectivity index (χ2n) is 4.15. The molecule has 3 heterocycles. The monoisotopic (exact) mass is 213 g/mol. The molecule has 0 aromatic carbocycles. The number of imidazole rings is 1. The van der Waals surface area contributed by atoms with E-state index >= 15 is 0 Å². The number of nitrogens with one attached hydrogen (secondary N) is 1. The van der Waals surface area contributed by atoms with Crippen LogP contribution in [0.3, 0.4) is 0 Å². The number of aromatic nitrogens is 2. The zero-order chi connectivity index (χ0) is 11.0. The number of hydrogen-bond donors (Lipinski definition) is 1. The van der Waals surface area contributed by atoms with Crippen LogP contribution in [0.5, 0.6) is 0 Å². The molecule has 0 unspecified atom stereocenters. The van der Waals surface area contributed by atoms with Gasteiger partial charge in [0.25, 0.3) is 0 Å². The van der Waals surface area contributed by atoms with Crippen LogP contribution in [0.15, 0.2) is 30.5 Å². The van der Waals surface area contributed by atoms with Crippen LogP contribution in [-0.2, 0) is 0 Å². The third-order valence-electron chi connectivity index (χ3n) is 3.09. The fraction of sp³-hybridized carbons (Fsp3) is 0.308. The van der Waals surface area contributed by atoms with Crippen LogP contribution in [0.25, 0.3) is 11.1 Å². The first-order valence-corrected chi connectivity index (χ1v) is 5.70. The van der Waals surface area contributed by atoms with Crippen LogP contribution < -0.4 is 5.32 Å². The van der Waals surface area contributed by atoms with Crippen LogP contribution in [0, 0.1) is 6.92 Å². The molecular weight excluding hydrogens is 198 g/mol. The van der Waals surface area contributed by atoms with Crippen molar-refractivity contribution in [3.8, 4) is 0 Å². The standard InChI is InChI=1S/C13H15N3/c1-10-15-13(11-5-7-14-8-6-11)12-4-2-3-9-16(10)12/h2-5,9,14H,6-8H2,1H3. The van der Waals surface area contributed by atoms with Gasteiger partial charge in [0.1, 0.15) is 5.82 Å². The zero-order valence-electron chi connectivity index (χ0n) is 9.40. The highest BCUT2D eigenvalue weighted by atomic mass is 15.0. The molecule has 3 heteroatoms. The second-order valence-corrected chi connectivity index (χ2v) is 4.15. The van der Waals surface area contributed by atoms with Crippen LogP contribution in [0.4, 0.5) is 0 Å². The molecule has 16 heavy (non-hydrogen) atoms. The second kappa shape index (κ2) is 3.76. The molecular formula is C13H15N3. The number of aryl methyl sites for hydroxylation is 1. The summed E-state index contributed by atoms with van der Waals surface area (Å²) in [6.45, 7) is 4.06. The Balaban J connectivity index is 2.20. The fourth-order valence-corrected chi connectivity index (χ4v) is 2.27. The van der Waals surface area contributed by atoms with E-state index < -0.39 is 0 Å². The first kappa shape index (κ1) is 9.60. The summed E-state index contributed by atoms with van der Waals surface area (Å²) in [4.78, 5) is 4.68. The zero-order valence-corrected chi connectivity index (χ0v) is 9.40. The topological polar surface area (TPSA) is 29.3 Å². The van der Waals surface area contributed by atoms with Crippen molar-refractivity contribution >= 4 is 11.1 Å². The largest absolute Gasteiger partial charge is 0.313 e. The molecule has 0 bridgehead atoms. The molecule has 2 aromatic heterocycles. The first-order chi connectivity index (χ1) is 7.86. The van der Waals surface area contributed by atoms with Gasteiger partial charge in [0.05, 0.1) is 11.2 Å². The summed E-state index contributed by atoms with van der Waals surface area (Å²) in [6.07, 6.45) is 5.39. The van der Waals surface area contributed by atoms with Crippen LogP contribution in [-0.4, -0.2) is 22.5 Å². The summed E-state index contributed by atoms with van der Waals surface area (Å²) in [6, 6.07) is 6.25. The van der Waals surface area contributed by atoms with Gasteiger partial charge in [-0.3, -0.25) is 0 Å². The lowest BCUT2D eigenvalue weighted by Gasteiger charge is -2.12. The van der Waals surface area contributed by atoms with E-state index in [2.05, 4.69) is 46.0 Å². The molecule has 1 aliphatic rings. The highest BCUT2D eigenvalue weighted by molar-refractivity contribution is 5.76. The van der Waals surface area contributed by atoms with Gasteiger partial charge in [-0.1, -0.05) is 12.1 Å². The third-order valence-corrected chi connectivity index (χ3v) is 3.09. The molecule has 2 aromatic rings. The predicted molar refractivity (Wildman–Crippen MR) is 65.4 cm³/mol. The number of pyridine rings is 1. The molecule has 0 atom stereocenters. The normalized spacial score (nSPS) is 16.4. The Labute approximate surface area is 94.8 Å². The average molecular weight is 213 g/mol. The fourth-order valence-electron chi connectivity index (χ4n) is 2.27. The van der Waals surface area contributed by atoms with Gasteiger partial charge in [0, 0.05) is 12.7 Å². The van der Waals surface area contributed by atoms with Gasteiger partial charge in [-0.25, -0.2) is 4.98 Å². The number of hydrogen-bond acceptors (Lipinski definition) is 2. The summed E-state index contributed by atoms with van der Waals surface area (Å²) >= 11 is 0. The van der Waals surface area contributed by atoms with Gasteiger partial charge in [-0.05, 0) is 37.6 Å². The minimum absolute atomic E-state index is 0.959. The number of rotatable bonds is 1. The Morgan fingerprint density at radius 1 is 1.38 bits per heavy atom. The van der Waals surface area contributed by atoms with Gasteiger partial charge < -0.3 is 9.72 Å². The van der Waals surface area contributed by atoms with E-state index in [1.165, 1.54) is 11.1 Å². The van der Waals surface area contributed by atoms with Crippen LogP contribution in [0.2, 0.25) is 0 Å². The Kier molecular flexibility index (Phi) is 2.26. The van der Waals surface area contributed by atoms with E-state index in [4.69, 9.17) is 0 Å². The Morgan fingerprint density at radius 2 is 2.31 bits per heavy atom. The smallest absolute Gasteiger partial charge is 0.110 e. The maximum Gasteiger partial charge on any atom is 0.110 e. The average Bonchev–Trinajstić information content (AvgIpc) is 2.69.